The molecule has 0 bridgehead atoms. The number of rotatable bonds is 5. The van der Waals surface area contributed by atoms with Crippen LogP contribution in [0.1, 0.15) is 32.6 Å². The average Bonchev–Trinajstić information content (AvgIpc) is 3.49. The molecule has 0 spiro atoms. The van der Waals surface area contributed by atoms with Crippen molar-refractivity contribution in [2.24, 2.45) is 11.8 Å². The van der Waals surface area contributed by atoms with Gasteiger partial charge < -0.3 is 15.5 Å². The third kappa shape index (κ3) is 3.56. The number of quaternary nitrogens is 1. The molecular weight excluding hydrogens is 344 g/mol. The minimum atomic E-state index is -0.718. The van der Waals surface area contributed by atoms with Crippen molar-refractivity contribution in [3.05, 3.63) is 30.3 Å². The van der Waals surface area contributed by atoms with Crippen molar-refractivity contribution < 1.29 is 19.3 Å². The Kier molecular flexibility index (Phi) is 4.63. The molecule has 1 aromatic carbocycles. The van der Waals surface area contributed by atoms with Crippen LogP contribution in [0.15, 0.2) is 30.3 Å². The Morgan fingerprint density at radius 1 is 1.19 bits per heavy atom. The lowest BCUT2D eigenvalue weighted by molar-refractivity contribution is -0.912. The lowest BCUT2D eigenvalue weighted by Gasteiger charge is -2.30. The maximum atomic E-state index is 12.7. The lowest BCUT2D eigenvalue weighted by Crippen LogP contribution is -3.14. The number of carbonyl (C=O) groups is 3. The first-order valence-electron chi connectivity index (χ1n) is 9.81. The Balaban J connectivity index is 1.29. The molecule has 4 rings (SSSR count). The molecule has 1 aliphatic carbocycles. The summed E-state index contributed by atoms with van der Waals surface area (Å²) >= 11 is 0. The molecular formula is C20H27N4O3+. The van der Waals surface area contributed by atoms with E-state index >= 15 is 0 Å². The fourth-order valence-electron chi connectivity index (χ4n) is 4.23. The van der Waals surface area contributed by atoms with E-state index in [1.807, 2.05) is 37.3 Å². The van der Waals surface area contributed by atoms with Gasteiger partial charge in [0.25, 0.3) is 5.91 Å². The van der Waals surface area contributed by atoms with Gasteiger partial charge in [0, 0.05) is 24.4 Å². The number of likely N-dealkylation sites (tertiary alicyclic amines) is 1. The Labute approximate surface area is 159 Å². The van der Waals surface area contributed by atoms with Crippen LogP contribution in [0.25, 0.3) is 0 Å². The van der Waals surface area contributed by atoms with E-state index in [4.69, 9.17) is 0 Å². The van der Waals surface area contributed by atoms with Gasteiger partial charge in [-0.1, -0.05) is 18.2 Å². The van der Waals surface area contributed by atoms with E-state index in [0.717, 1.165) is 44.5 Å². The predicted octanol–water partition coefficient (Wildman–Crippen LogP) is 0.598. The molecule has 7 heteroatoms. The summed E-state index contributed by atoms with van der Waals surface area (Å²) in [5.74, 6) is 0.221. The molecule has 144 valence electrons. The van der Waals surface area contributed by atoms with Gasteiger partial charge in [0.2, 0.25) is 5.91 Å². The molecule has 0 aromatic heterocycles. The zero-order valence-corrected chi connectivity index (χ0v) is 15.7. The van der Waals surface area contributed by atoms with Gasteiger partial charge in [-0.15, -0.1) is 0 Å². The van der Waals surface area contributed by atoms with E-state index in [2.05, 4.69) is 10.6 Å². The number of hydrogen-bond acceptors (Lipinski definition) is 3. The third-order valence-corrected chi connectivity index (χ3v) is 6.18. The standard InChI is InChI=1S/C20H26N4O3/c1-20(15-7-8-15)18(26)24(19(27)22-20)13-23-11-9-14(10-12-23)17(25)21-16-5-3-2-4-6-16/h2-6,14-15H,7-13H2,1H3,(H,21,25)(H,22,27)/p+1/t20-/m0/s1. The van der Waals surface area contributed by atoms with Crippen LogP contribution in [-0.4, -0.2) is 48.0 Å². The van der Waals surface area contributed by atoms with E-state index in [1.54, 1.807) is 0 Å². The summed E-state index contributed by atoms with van der Waals surface area (Å²) in [6, 6.07) is 9.21. The molecule has 0 unspecified atom stereocenters. The largest absolute Gasteiger partial charge is 0.329 e. The number of benzene rings is 1. The first-order chi connectivity index (χ1) is 13.0. The minimum absolute atomic E-state index is 0.0196. The molecule has 4 amide bonds. The average molecular weight is 371 g/mol. The van der Waals surface area contributed by atoms with Crippen LogP contribution in [-0.2, 0) is 9.59 Å². The minimum Gasteiger partial charge on any atom is -0.326 e. The topological polar surface area (TPSA) is 82.9 Å². The van der Waals surface area contributed by atoms with Crippen molar-refractivity contribution in [3.8, 4) is 0 Å². The number of hydrogen-bond donors (Lipinski definition) is 3. The van der Waals surface area contributed by atoms with Crippen molar-refractivity contribution in [3.63, 3.8) is 0 Å². The molecule has 0 radical (unpaired) electrons. The van der Waals surface area contributed by atoms with E-state index in [9.17, 15) is 14.4 Å². The van der Waals surface area contributed by atoms with E-state index in [1.165, 1.54) is 9.80 Å². The second kappa shape index (κ2) is 6.96. The predicted molar refractivity (Wildman–Crippen MR) is 99.9 cm³/mol. The normalized spacial score (nSPS) is 30.9. The Bertz CT molecular complexity index is 741. The van der Waals surface area contributed by atoms with E-state index in [-0.39, 0.29) is 29.7 Å². The summed E-state index contributed by atoms with van der Waals surface area (Å²) in [6.07, 6.45) is 3.53. The highest BCUT2D eigenvalue weighted by Gasteiger charge is 2.56. The van der Waals surface area contributed by atoms with Crippen molar-refractivity contribution >= 4 is 23.5 Å². The lowest BCUT2D eigenvalue weighted by atomic mass is 9.95. The number of amides is 4. The van der Waals surface area contributed by atoms with Gasteiger partial charge in [0.1, 0.15) is 5.54 Å². The van der Waals surface area contributed by atoms with E-state index < -0.39 is 5.54 Å². The molecule has 1 aromatic rings. The van der Waals surface area contributed by atoms with Crippen LogP contribution >= 0.6 is 0 Å². The fraction of sp³-hybridized carbons (Fsp3) is 0.550. The first kappa shape index (κ1) is 18.0. The van der Waals surface area contributed by atoms with Crippen LogP contribution in [0.3, 0.4) is 0 Å². The van der Waals surface area contributed by atoms with Gasteiger partial charge in [-0.05, 0) is 37.8 Å². The summed E-state index contributed by atoms with van der Waals surface area (Å²) in [5, 5.41) is 5.86. The van der Waals surface area contributed by atoms with Crippen molar-refractivity contribution in [2.75, 3.05) is 25.1 Å². The van der Waals surface area contributed by atoms with Gasteiger partial charge in [0.05, 0.1) is 13.1 Å². The van der Waals surface area contributed by atoms with Crippen LogP contribution < -0.4 is 15.5 Å². The maximum Gasteiger partial charge on any atom is 0.329 e. The molecule has 7 nitrogen and oxygen atoms in total. The fourth-order valence-corrected chi connectivity index (χ4v) is 4.23. The molecule has 3 fully saturated rings. The number of nitrogens with zero attached hydrogens (tertiary/aromatic N) is 1. The first-order valence-corrected chi connectivity index (χ1v) is 9.81. The number of piperidine rings is 1. The quantitative estimate of drug-likeness (QED) is 0.663. The number of imide groups is 1. The van der Waals surface area contributed by atoms with Crippen molar-refractivity contribution in [1.29, 1.82) is 0 Å². The monoisotopic (exact) mass is 371 g/mol. The molecule has 3 N–H and O–H groups in total. The van der Waals surface area contributed by atoms with Crippen LogP contribution in [0.5, 0.6) is 0 Å². The van der Waals surface area contributed by atoms with Gasteiger partial charge in [-0.2, -0.15) is 0 Å². The number of nitrogens with one attached hydrogen (secondary N) is 3. The van der Waals surface area contributed by atoms with Crippen LogP contribution in [0.4, 0.5) is 10.5 Å². The van der Waals surface area contributed by atoms with Crippen LogP contribution in [0, 0.1) is 11.8 Å². The van der Waals surface area contributed by atoms with Gasteiger partial charge in [0.15, 0.2) is 6.67 Å². The summed E-state index contributed by atoms with van der Waals surface area (Å²) < 4.78 is 0. The maximum absolute atomic E-state index is 12.7. The molecule has 27 heavy (non-hydrogen) atoms. The molecule has 2 saturated heterocycles. The summed E-state index contributed by atoms with van der Waals surface area (Å²) in [5.41, 5.74) is 0.0979. The number of para-hydroxylation sites is 1. The van der Waals surface area contributed by atoms with Gasteiger partial charge in [-0.25, -0.2) is 9.69 Å². The highest BCUT2D eigenvalue weighted by molar-refractivity contribution is 6.07. The second-order valence-corrected chi connectivity index (χ2v) is 8.18. The zero-order chi connectivity index (χ0) is 19.0. The number of anilines is 1. The third-order valence-electron chi connectivity index (χ3n) is 6.18. The highest BCUT2D eigenvalue weighted by atomic mass is 16.2. The number of urea groups is 1. The highest BCUT2D eigenvalue weighted by Crippen LogP contribution is 2.42. The summed E-state index contributed by atoms with van der Waals surface area (Å²) in [6.45, 7) is 3.80. The Morgan fingerprint density at radius 2 is 1.85 bits per heavy atom. The molecule has 1 saturated carbocycles. The van der Waals surface area contributed by atoms with Gasteiger partial charge in [-0.3, -0.25) is 9.59 Å². The number of carbonyl (C=O) groups excluding carboxylic acids is 3. The molecule has 3 aliphatic rings. The summed E-state index contributed by atoms with van der Waals surface area (Å²) in [7, 11) is 0. The van der Waals surface area contributed by atoms with E-state index in [0.29, 0.717) is 6.67 Å². The van der Waals surface area contributed by atoms with Crippen molar-refractivity contribution in [2.45, 2.75) is 38.1 Å². The smallest absolute Gasteiger partial charge is 0.326 e. The zero-order valence-electron chi connectivity index (χ0n) is 15.7. The summed E-state index contributed by atoms with van der Waals surface area (Å²) in [4.78, 5) is 40.0. The van der Waals surface area contributed by atoms with Crippen molar-refractivity contribution in [1.82, 2.24) is 10.2 Å². The van der Waals surface area contributed by atoms with Crippen LogP contribution in [0.2, 0.25) is 0 Å². The SMILES string of the molecule is C[C@@]1(C2CC2)NC(=O)N(C[NH+]2CCC(C(=O)Nc3ccccc3)CC2)C1=O. The second-order valence-electron chi connectivity index (χ2n) is 8.18. The van der Waals surface area contributed by atoms with Gasteiger partial charge >= 0.3 is 6.03 Å². The Hall–Kier alpha value is -2.41. The molecule has 2 aliphatic heterocycles. The Morgan fingerprint density at radius 3 is 2.48 bits per heavy atom. The molecule has 2 heterocycles. The molecule has 1 atom stereocenters.